The van der Waals surface area contributed by atoms with Crippen molar-refractivity contribution in [1.29, 1.82) is 0 Å². The van der Waals surface area contributed by atoms with Gasteiger partial charge < -0.3 is 9.94 Å². The molecule has 0 saturated heterocycles. The molecule has 1 heterocycles. The number of hydrogen-bond acceptors (Lipinski definition) is 6. The third-order valence-electron chi connectivity index (χ3n) is 1.93. The van der Waals surface area contributed by atoms with E-state index in [0.29, 0.717) is 6.54 Å². The monoisotopic (exact) mass is 226 g/mol. The van der Waals surface area contributed by atoms with Gasteiger partial charge in [-0.05, 0) is 13.8 Å². The molecular weight excluding hydrogens is 212 g/mol. The van der Waals surface area contributed by atoms with Crippen LogP contribution in [0.15, 0.2) is 17.8 Å². The van der Waals surface area contributed by atoms with E-state index in [1.54, 1.807) is 18.5 Å². The van der Waals surface area contributed by atoms with Crippen LogP contribution >= 0.6 is 0 Å². The summed E-state index contributed by atoms with van der Waals surface area (Å²) in [6.45, 7) is 5.18. The summed E-state index contributed by atoms with van der Waals surface area (Å²) in [6, 6.07) is 0. The van der Waals surface area contributed by atoms with E-state index >= 15 is 0 Å². The van der Waals surface area contributed by atoms with Crippen molar-refractivity contribution in [2.45, 2.75) is 27.3 Å². The number of aromatic nitrogens is 3. The molecule has 0 saturated carbocycles. The molecular formula is C9H14N4O3. The number of carbonyl (C=O) groups excluding carboxylic acids is 1. The second-order valence-corrected chi connectivity index (χ2v) is 3.98. The van der Waals surface area contributed by atoms with Crippen LogP contribution < -0.4 is 0 Å². The van der Waals surface area contributed by atoms with Gasteiger partial charge in [-0.25, -0.2) is 4.98 Å². The summed E-state index contributed by atoms with van der Waals surface area (Å²) >= 11 is 0. The zero-order chi connectivity index (χ0) is 12.2. The summed E-state index contributed by atoms with van der Waals surface area (Å²) in [7, 11) is 0. The molecule has 7 heteroatoms. The molecule has 0 fully saturated rings. The Morgan fingerprint density at radius 3 is 2.75 bits per heavy atom. The van der Waals surface area contributed by atoms with Gasteiger partial charge in [0.15, 0.2) is 0 Å². The molecule has 1 rings (SSSR count). The second kappa shape index (κ2) is 4.73. The van der Waals surface area contributed by atoms with Gasteiger partial charge in [-0.3, -0.25) is 9.48 Å². The van der Waals surface area contributed by atoms with Crippen molar-refractivity contribution in [1.82, 2.24) is 14.8 Å². The first-order chi connectivity index (χ1) is 7.45. The molecule has 0 radical (unpaired) electrons. The molecule has 0 atom stereocenters. The molecule has 0 aliphatic heterocycles. The molecule has 0 unspecified atom stereocenters. The van der Waals surface area contributed by atoms with Gasteiger partial charge in [0.2, 0.25) is 5.90 Å². The van der Waals surface area contributed by atoms with Crippen LogP contribution in [0.5, 0.6) is 0 Å². The minimum Gasteiger partial charge on any atom is -0.408 e. The molecule has 0 amide bonds. The van der Waals surface area contributed by atoms with Crippen LogP contribution in [0.2, 0.25) is 0 Å². The maximum atomic E-state index is 10.8. The van der Waals surface area contributed by atoms with Gasteiger partial charge in [0, 0.05) is 6.92 Å². The Kier molecular flexibility index (Phi) is 3.60. The minimum atomic E-state index is -0.659. The Hall–Kier alpha value is -1.92. The van der Waals surface area contributed by atoms with Crippen molar-refractivity contribution in [3.63, 3.8) is 0 Å². The molecule has 0 bridgehead atoms. The zero-order valence-corrected chi connectivity index (χ0v) is 9.41. The molecule has 1 aromatic heterocycles. The predicted molar refractivity (Wildman–Crippen MR) is 54.8 cm³/mol. The quantitative estimate of drug-likeness (QED) is 0.269. The highest BCUT2D eigenvalue weighted by molar-refractivity contribution is 5.90. The SMILES string of the molecule is CC(=O)OC(=NO)C(C)(C)Cn1cncn1. The van der Waals surface area contributed by atoms with E-state index < -0.39 is 11.4 Å². The van der Waals surface area contributed by atoms with E-state index in [0.717, 1.165) is 0 Å². The van der Waals surface area contributed by atoms with Gasteiger partial charge in [-0.1, -0.05) is 5.16 Å². The maximum absolute atomic E-state index is 10.8. The lowest BCUT2D eigenvalue weighted by molar-refractivity contribution is -0.133. The molecule has 1 aromatic rings. The molecule has 0 aromatic carbocycles. The Morgan fingerprint density at radius 2 is 2.31 bits per heavy atom. The summed E-state index contributed by atoms with van der Waals surface area (Å²) in [5.41, 5.74) is -0.659. The highest BCUT2D eigenvalue weighted by atomic mass is 16.6. The summed E-state index contributed by atoms with van der Waals surface area (Å²) in [4.78, 5) is 14.6. The molecule has 16 heavy (non-hydrogen) atoms. The minimum absolute atomic E-state index is 0.0458. The number of rotatable bonds is 3. The van der Waals surface area contributed by atoms with Gasteiger partial charge in [0.25, 0.3) is 0 Å². The highest BCUT2D eigenvalue weighted by Gasteiger charge is 2.30. The summed E-state index contributed by atoms with van der Waals surface area (Å²) < 4.78 is 6.38. The summed E-state index contributed by atoms with van der Waals surface area (Å²) in [6.07, 6.45) is 2.93. The highest BCUT2D eigenvalue weighted by Crippen LogP contribution is 2.21. The third kappa shape index (κ3) is 3.04. The Balaban J connectivity index is 2.78. The van der Waals surface area contributed by atoms with E-state index in [1.165, 1.54) is 19.6 Å². The van der Waals surface area contributed by atoms with Crippen molar-refractivity contribution < 1.29 is 14.7 Å². The van der Waals surface area contributed by atoms with E-state index in [-0.39, 0.29) is 5.90 Å². The molecule has 7 nitrogen and oxygen atoms in total. The Bertz CT molecular complexity index is 383. The molecule has 0 spiro atoms. The fourth-order valence-electron chi connectivity index (χ4n) is 1.22. The van der Waals surface area contributed by atoms with E-state index in [1.807, 2.05) is 0 Å². The van der Waals surface area contributed by atoms with Crippen molar-refractivity contribution >= 4 is 11.9 Å². The first-order valence-corrected chi connectivity index (χ1v) is 4.69. The standard InChI is InChI=1S/C9H14N4O3/c1-7(14)16-8(12-15)9(2,3)4-13-6-10-5-11-13/h5-6,15H,4H2,1-3H3. The van der Waals surface area contributed by atoms with E-state index in [9.17, 15) is 4.79 Å². The largest absolute Gasteiger partial charge is 0.408 e. The zero-order valence-electron chi connectivity index (χ0n) is 9.41. The van der Waals surface area contributed by atoms with Crippen molar-refractivity contribution in [2.75, 3.05) is 0 Å². The van der Waals surface area contributed by atoms with Crippen molar-refractivity contribution in [3.8, 4) is 0 Å². The average Bonchev–Trinajstić information content (AvgIpc) is 2.65. The second-order valence-electron chi connectivity index (χ2n) is 3.98. The van der Waals surface area contributed by atoms with Crippen LogP contribution in [0, 0.1) is 5.41 Å². The van der Waals surface area contributed by atoms with Crippen molar-refractivity contribution in [3.05, 3.63) is 12.7 Å². The number of ether oxygens (including phenoxy) is 1. The molecule has 0 aliphatic carbocycles. The number of hydrogen-bond donors (Lipinski definition) is 1. The molecule has 1 N–H and O–H groups in total. The molecule has 88 valence electrons. The third-order valence-corrected chi connectivity index (χ3v) is 1.93. The van der Waals surface area contributed by atoms with Crippen LogP contribution in [-0.2, 0) is 16.1 Å². The van der Waals surface area contributed by atoms with Gasteiger partial charge in [-0.15, -0.1) is 0 Å². The lowest BCUT2D eigenvalue weighted by atomic mass is 9.93. The van der Waals surface area contributed by atoms with Crippen LogP contribution in [0.4, 0.5) is 0 Å². The topological polar surface area (TPSA) is 89.6 Å². The summed E-state index contributed by atoms with van der Waals surface area (Å²) in [5.74, 6) is -0.574. The van der Waals surface area contributed by atoms with Gasteiger partial charge in [-0.2, -0.15) is 5.10 Å². The lowest BCUT2D eigenvalue weighted by Gasteiger charge is -2.23. The maximum Gasteiger partial charge on any atom is 0.309 e. The van der Waals surface area contributed by atoms with Crippen LogP contribution in [0.1, 0.15) is 20.8 Å². The Labute approximate surface area is 92.7 Å². The number of esters is 1. The first kappa shape index (κ1) is 12.2. The normalized spacial score (nSPS) is 12.6. The first-order valence-electron chi connectivity index (χ1n) is 4.69. The van der Waals surface area contributed by atoms with Gasteiger partial charge in [0.1, 0.15) is 12.7 Å². The van der Waals surface area contributed by atoms with Gasteiger partial charge >= 0.3 is 5.97 Å². The number of carbonyl (C=O) groups is 1. The van der Waals surface area contributed by atoms with Crippen LogP contribution in [-0.4, -0.2) is 31.8 Å². The predicted octanol–water partition coefficient (Wildman–Crippen LogP) is 0.655. The van der Waals surface area contributed by atoms with E-state index in [4.69, 9.17) is 9.94 Å². The average molecular weight is 226 g/mol. The number of oxime groups is 1. The summed E-state index contributed by atoms with van der Waals surface area (Å²) in [5, 5.41) is 15.7. The van der Waals surface area contributed by atoms with Crippen molar-refractivity contribution in [2.24, 2.45) is 10.6 Å². The fraction of sp³-hybridized carbons (Fsp3) is 0.556. The number of nitrogens with zero attached hydrogens (tertiary/aromatic N) is 4. The smallest absolute Gasteiger partial charge is 0.309 e. The van der Waals surface area contributed by atoms with Crippen LogP contribution in [0.25, 0.3) is 0 Å². The Morgan fingerprint density at radius 1 is 1.62 bits per heavy atom. The van der Waals surface area contributed by atoms with E-state index in [2.05, 4.69) is 15.2 Å². The lowest BCUT2D eigenvalue weighted by Crippen LogP contribution is -2.33. The van der Waals surface area contributed by atoms with Crippen LogP contribution in [0.3, 0.4) is 0 Å². The fourth-order valence-corrected chi connectivity index (χ4v) is 1.22. The molecule has 0 aliphatic rings. The van der Waals surface area contributed by atoms with Gasteiger partial charge in [0.05, 0.1) is 12.0 Å².